The fourth-order valence-corrected chi connectivity index (χ4v) is 10.6. The van der Waals surface area contributed by atoms with Gasteiger partial charge in [0.1, 0.15) is 16.9 Å². The average molecular weight is 920 g/mol. The zero-order chi connectivity index (χ0) is 44.9. The minimum atomic E-state index is -3.62. The molecule has 5 fully saturated rings. The Morgan fingerprint density at radius 3 is 1.24 bits per heavy atom. The van der Waals surface area contributed by atoms with Crippen molar-refractivity contribution in [1.29, 1.82) is 0 Å². The zero-order valence-corrected chi connectivity index (χ0v) is 38.6. The maximum absolute atomic E-state index is 12.9. The summed E-state index contributed by atoms with van der Waals surface area (Å²) in [7, 11) is -7.22. The number of anilines is 2. The third kappa shape index (κ3) is 9.68. The quantitative estimate of drug-likeness (QED) is 0.344. The fraction of sp³-hybridized carbons (Fsp3) is 0.500. The normalized spacial score (nSPS) is 21.7. The molecule has 5 aliphatic rings. The molecule has 17 nitrogen and oxygen atoms in total. The molecular weight excluding hydrogens is 864 g/mol. The van der Waals surface area contributed by atoms with Crippen molar-refractivity contribution in [1.82, 2.24) is 19.2 Å². The molecule has 7 rings (SSSR count). The standard InChI is InChI=1S/C22H29N3O6S.C20H25N3O5S.ClH/c1-15-13-17(25-20(27)23-19(26)21(25,3)4)14-16(2)18(15)5-12-32(28,29)24-8-6-22(7-9-24)30-10-11-31-22;1-13-11-15(23-19(26)21-18(25)20(23,3)4)12-14(2)17(13)7-10-29(27,28)22-8-5-16(24)6-9-22;/h5,12-14H,6-11H2,1-4H3,(H,23,26,27);7,10-12H,5-6,8-9H2,1-4H3,(H,21,25,26);1H/b12-5+;10-7+;. The van der Waals surface area contributed by atoms with Crippen LogP contribution in [0.1, 0.15) is 86.8 Å². The van der Waals surface area contributed by atoms with Gasteiger partial charge in [-0.2, -0.15) is 8.61 Å². The van der Waals surface area contributed by atoms with Crippen LogP contribution in [0.25, 0.3) is 12.2 Å². The van der Waals surface area contributed by atoms with Crippen molar-refractivity contribution in [3.05, 3.63) is 68.5 Å². The highest BCUT2D eigenvalue weighted by atomic mass is 35.5. The van der Waals surface area contributed by atoms with Gasteiger partial charge in [0, 0.05) is 74.1 Å². The smallest absolute Gasteiger partial charge is 0.329 e. The van der Waals surface area contributed by atoms with E-state index in [1.165, 1.54) is 23.8 Å². The number of urea groups is 2. The third-order valence-corrected chi connectivity index (χ3v) is 15.0. The number of ketones is 1. The Balaban J connectivity index is 0.000000232. The number of benzene rings is 2. The van der Waals surface area contributed by atoms with Gasteiger partial charge in [-0.25, -0.2) is 26.4 Å². The number of nitrogens with zero attached hydrogens (tertiary/aromatic N) is 4. The summed E-state index contributed by atoms with van der Waals surface area (Å²) >= 11 is 0. The second-order valence-corrected chi connectivity index (χ2v) is 20.6. The molecule has 2 aromatic carbocycles. The lowest BCUT2D eigenvalue weighted by Crippen LogP contribution is -2.46. The van der Waals surface area contributed by atoms with Crippen molar-refractivity contribution >= 4 is 85.6 Å². The molecular formula is C42H55ClN6O11S2. The van der Waals surface area contributed by atoms with Crippen LogP contribution in [0.3, 0.4) is 0 Å². The minimum absolute atomic E-state index is 0. The second-order valence-electron chi connectivity index (χ2n) is 16.9. The van der Waals surface area contributed by atoms with Crippen molar-refractivity contribution in [2.75, 3.05) is 49.2 Å². The van der Waals surface area contributed by atoms with Crippen molar-refractivity contribution in [2.24, 2.45) is 0 Å². The van der Waals surface area contributed by atoms with Crippen LogP contribution >= 0.6 is 12.4 Å². The predicted octanol–water partition coefficient (Wildman–Crippen LogP) is 4.80. The van der Waals surface area contributed by atoms with E-state index >= 15 is 0 Å². The topological polar surface area (TPSA) is 209 Å². The zero-order valence-electron chi connectivity index (χ0n) is 36.2. The predicted molar refractivity (Wildman–Crippen MR) is 236 cm³/mol. The first kappa shape index (κ1) is 48.5. The number of sulfonamides is 2. The number of hydrogen-bond acceptors (Lipinski definition) is 11. The van der Waals surface area contributed by atoms with E-state index < -0.39 is 49.0 Å². The van der Waals surface area contributed by atoms with Gasteiger partial charge in [0.15, 0.2) is 5.79 Å². The summed E-state index contributed by atoms with van der Waals surface area (Å²) in [6.45, 7) is 16.2. The number of carbonyl (C=O) groups excluding carboxylic acids is 5. The largest absolute Gasteiger partial charge is 0.347 e. The molecule has 0 bridgehead atoms. The lowest BCUT2D eigenvalue weighted by atomic mass is 9.98. The van der Waals surface area contributed by atoms with E-state index in [0.29, 0.717) is 50.5 Å². The summed E-state index contributed by atoms with van der Waals surface area (Å²) in [5.74, 6) is -1.28. The summed E-state index contributed by atoms with van der Waals surface area (Å²) in [6, 6.07) is 6.15. The number of halogens is 1. The van der Waals surface area contributed by atoms with Gasteiger partial charge in [-0.3, -0.25) is 34.8 Å². The van der Waals surface area contributed by atoms with Crippen LogP contribution in [-0.4, -0.2) is 111 Å². The average Bonchev–Trinajstić information content (AvgIpc) is 3.76. The Bertz CT molecular complexity index is 2400. The van der Waals surface area contributed by atoms with Crippen LogP contribution in [0.2, 0.25) is 0 Å². The molecule has 62 heavy (non-hydrogen) atoms. The highest BCUT2D eigenvalue weighted by molar-refractivity contribution is 7.92. The number of piperidine rings is 2. The maximum Gasteiger partial charge on any atom is 0.329 e. The Labute approximate surface area is 369 Å². The number of nitrogens with one attached hydrogen (secondary N) is 2. The van der Waals surface area contributed by atoms with E-state index in [-0.39, 0.29) is 55.9 Å². The number of Topliss-reactive ketones (excluding diaryl/α,β-unsaturated/α-hetero) is 1. The SMILES string of the molecule is Cc1cc(N2C(=O)NC(=O)C2(C)C)cc(C)c1/C=C/S(=O)(=O)N1CCC(=O)CC1.Cc1cc(N2C(=O)NC(=O)C2(C)C)cc(C)c1/C=C/S(=O)(=O)N1CCC2(CC1)OCCO2.Cl. The lowest BCUT2D eigenvalue weighted by molar-refractivity contribution is -0.179. The highest BCUT2D eigenvalue weighted by Crippen LogP contribution is 2.35. The molecule has 2 aromatic rings. The number of aryl methyl sites for hydroxylation is 4. The van der Waals surface area contributed by atoms with Crippen LogP contribution in [-0.2, 0) is 43.9 Å². The first-order chi connectivity index (χ1) is 28.4. The number of ether oxygens (including phenoxy) is 2. The van der Waals surface area contributed by atoms with Crippen molar-refractivity contribution in [3.8, 4) is 0 Å². The van der Waals surface area contributed by atoms with Gasteiger partial charge < -0.3 is 9.47 Å². The third-order valence-electron chi connectivity index (χ3n) is 11.9. The summed E-state index contributed by atoms with van der Waals surface area (Å²) in [5.41, 5.74) is 3.81. The first-order valence-electron chi connectivity index (χ1n) is 20.1. The van der Waals surface area contributed by atoms with Gasteiger partial charge >= 0.3 is 12.1 Å². The van der Waals surface area contributed by atoms with Crippen LogP contribution in [0, 0.1) is 27.7 Å². The summed E-state index contributed by atoms with van der Waals surface area (Å²) in [4.78, 5) is 62.9. The van der Waals surface area contributed by atoms with Gasteiger partial charge in [0.05, 0.1) is 13.2 Å². The molecule has 0 aliphatic carbocycles. The molecule has 0 radical (unpaired) electrons. The van der Waals surface area contributed by atoms with Crippen molar-refractivity contribution in [2.45, 2.75) is 97.9 Å². The minimum Gasteiger partial charge on any atom is -0.347 e. The molecule has 1 spiro atoms. The van der Waals surface area contributed by atoms with Gasteiger partial charge in [-0.15, -0.1) is 12.4 Å². The molecule has 5 heterocycles. The van der Waals surface area contributed by atoms with E-state index in [0.717, 1.165) is 38.8 Å². The Morgan fingerprint density at radius 1 is 0.581 bits per heavy atom. The van der Waals surface area contributed by atoms with Crippen LogP contribution in [0.4, 0.5) is 21.0 Å². The highest BCUT2D eigenvalue weighted by Gasteiger charge is 2.48. The summed E-state index contributed by atoms with van der Waals surface area (Å²) < 4.78 is 65.0. The van der Waals surface area contributed by atoms with Gasteiger partial charge in [-0.1, -0.05) is 0 Å². The van der Waals surface area contributed by atoms with Gasteiger partial charge in [-0.05, 0) is 125 Å². The van der Waals surface area contributed by atoms with E-state index in [4.69, 9.17) is 9.47 Å². The molecule has 6 amide bonds. The first-order valence-corrected chi connectivity index (χ1v) is 23.1. The molecule has 2 N–H and O–H groups in total. The van der Waals surface area contributed by atoms with Gasteiger partial charge in [0.2, 0.25) is 20.0 Å². The number of amides is 6. The molecule has 0 unspecified atom stereocenters. The van der Waals surface area contributed by atoms with Crippen LogP contribution < -0.4 is 20.4 Å². The summed E-state index contributed by atoms with van der Waals surface area (Å²) in [5, 5.41) is 7.05. The molecule has 0 aromatic heterocycles. The molecule has 338 valence electrons. The number of rotatable bonds is 8. The Hall–Kier alpha value is -4.50. The van der Waals surface area contributed by atoms with E-state index in [1.54, 1.807) is 64.1 Å². The number of imide groups is 2. The molecule has 20 heteroatoms. The summed E-state index contributed by atoms with van der Waals surface area (Å²) in [6.07, 6.45) is 4.65. The number of carbonyl (C=O) groups is 5. The lowest BCUT2D eigenvalue weighted by Gasteiger charge is -2.36. The molecule has 5 aliphatic heterocycles. The van der Waals surface area contributed by atoms with E-state index in [9.17, 15) is 40.8 Å². The van der Waals surface area contributed by atoms with Crippen molar-refractivity contribution < 1.29 is 50.3 Å². The number of hydrogen-bond donors (Lipinski definition) is 2. The monoisotopic (exact) mass is 918 g/mol. The van der Waals surface area contributed by atoms with Crippen LogP contribution in [0.5, 0.6) is 0 Å². The van der Waals surface area contributed by atoms with Crippen LogP contribution in [0.15, 0.2) is 35.1 Å². The molecule has 5 saturated heterocycles. The fourth-order valence-electron chi connectivity index (χ4n) is 8.23. The van der Waals surface area contributed by atoms with Crippen molar-refractivity contribution in [3.63, 3.8) is 0 Å². The van der Waals surface area contributed by atoms with E-state index in [1.807, 2.05) is 27.7 Å². The Kier molecular flexibility index (Phi) is 14.0. The Morgan fingerprint density at radius 2 is 0.919 bits per heavy atom. The molecule has 0 saturated carbocycles. The maximum atomic E-state index is 12.9. The van der Waals surface area contributed by atoms with E-state index in [2.05, 4.69) is 10.6 Å². The van der Waals surface area contributed by atoms with Gasteiger partial charge in [0.25, 0.3) is 11.8 Å². The second kappa shape index (κ2) is 17.9. The molecule has 0 atom stereocenters.